The molecule has 3 heteroatoms. The summed E-state index contributed by atoms with van der Waals surface area (Å²) in [7, 11) is 0. The normalized spacial score (nSPS) is 49.4. The molecule has 4 fully saturated rings. The van der Waals surface area contributed by atoms with Gasteiger partial charge in [-0.2, -0.15) is 0 Å². The quantitative estimate of drug-likeness (QED) is 0.715. The molecule has 5 aliphatic rings. The minimum Gasteiger partial charge on any atom is -0.312 e. The number of hydrogen-bond donors (Lipinski definition) is 1. The highest BCUT2D eigenvalue weighted by Gasteiger charge is 2.54. The molecule has 86 valence electrons. The van der Waals surface area contributed by atoms with E-state index in [1.165, 1.54) is 38.5 Å². The first-order chi connectivity index (χ1) is 7.73. The van der Waals surface area contributed by atoms with Crippen LogP contribution in [-0.2, 0) is 4.79 Å². The Balaban J connectivity index is 1.69. The number of carbonyl (C=O) groups is 1. The summed E-state index contributed by atoms with van der Waals surface area (Å²) in [5.41, 5.74) is 0.279. The van der Waals surface area contributed by atoms with E-state index in [-0.39, 0.29) is 11.3 Å². The Morgan fingerprint density at radius 1 is 1.06 bits per heavy atom. The van der Waals surface area contributed by atoms with E-state index in [1.807, 2.05) is 0 Å². The largest absolute Gasteiger partial charge is 0.312 e. The molecule has 16 heavy (non-hydrogen) atoms. The summed E-state index contributed by atoms with van der Waals surface area (Å²) in [5, 5.41) is 3.02. The van der Waals surface area contributed by atoms with Gasteiger partial charge in [0.1, 0.15) is 12.4 Å². The molecule has 0 spiro atoms. The molecule has 1 N–H and O–H groups in total. The van der Waals surface area contributed by atoms with Crippen LogP contribution in [0.5, 0.6) is 0 Å². The zero-order valence-corrected chi connectivity index (χ0v) is 9.54. The van der Waals surface area contributed by atoms with Gasteiger partial charge in [-0.15, -0.1) is 0 Å². The topological polar surface area (TPSA) is 41.5 Å². The van der Waals surface area contributed by atoms with Gasteiger partial charge in [-0.25, -0.2) is 0 Å². The van der Waals surface area contributed by atoms with Gasteiger partial charge in [0.05, 0.1) is 0 Å². The zero-order valence-electron chi connectivity index (χ0n) is 9.54. The summed E-state index contributed by atoms with van der Waals surface area (Å²) in [6, 6.07) is 0. The van der Waals surface area contributed by atoms with Crippen molar-refractivity contribution < 1.29 is 4.79 Å². The van der Waals surface area contributed by atoms with Gasteiger partial charge < -0.3 is 5.32 Å². The standard InChI is InChI=1S/C13H18N2O/c16-11-7-14-12(15-11)13-4-8-1-9(5-13)3-10(2-8)6-13/h8-10H,1-7H2,(H,14,15,16). The minimum absolute atomic E-state index is 0.103. The number of aliphatic imine (C=N–C) groups is 1. The van der Waals surface area contributed by atoms with E-state index < -0.39 is 0 Å². The van der Waals surface area contributed by atoms with Crippen LogP contribution in [0.25, 0.3) is 0 Å². The van der Waals surface area contributed by atoms with Crippen LogP contribution in [-0.4, -0.2) is 18.3 Å². The molecule has 0 aromatic carbocycles. The second-order valence-corrected chi connectivity index (χ2v) is 6.41. The third-order valence-corrected chi connectivity index (χ3v) is 5.18. The van der Waals surface area contributed by atoms with Crippen LogP contribution in [0.3, 0.4) is 0 Å². The van der Waals surface area contributed by atoms with Gasteiger partial charge in [-0.05, 0) is 56.3 Å². The molecule has 3 nitrogen and oxygen atoms in total. The first-order valence-electron chi connectivity index (χ1n) is 6.58. The molecule has 1 amide bonds. The van der Waals surface area contributed by atoms with Gasteiger partial charge in [0, 0.05) is 5.41 Å². The van der Waals surface area contributed by atoms with Crippen LogP contribution in [0.15, 0.2) is 4.99 Å². The van der Waals surface area contributed by atoms with Crippen molar-refractivity contribution in [3.05, 3.63) is 0 Å². The average Bonchev–Trinajstić information content (AvgIpc) is 2.63. The van der Waals surface area contributed by atoms with Gasteiger partial charge in [0.15, 0.2) is 0 Å². The molecule has 5 rings (SSSR count). The van der Waals surface area contributed by atoms with Gasteiger partial charge in [0.25, 0.3) is 0 Å². The van der Waals surface area contributed by atoms with Crippen molar-refractivity contribution in [1.82, 2.24) is 5.32 Å². The molecule has 4 bridgehead atoms. The van der Waals surface area contributed by atoms with E-state index in [0.29, 0.717) is 6.54 Å². The van der Waals surface area contributed by atoms with Crippen molar-refractivity contribution in [2.24, 2.45) is 28.2 Å². The van der Waals surface area contributed by atoms with E-state index in [1.54, 1.807) is 0 Å². The second-order valence-electron chi connectivity index (χ2n) is 6.41. The lowest BCUT2D eigenvalue weighted by atomic mass is 9.49. The number of rotatable bonds is 1. The molecule has 4 aliphatic carbocycles. The van der Waals surface area contributed by atoms with Crippen molar-refractivity contribution in [2.45, 2.75) is 38.5 Å². The van der Waals surface area contributed by atoms with Crippen molar-refractivity contribution in [1.29, 1.82) is 0 Å². The maximum atomic E-state index is 11.3. The average molecular weight is 218 g/mol. The van der Waals surface area contributed by atoms with Crippen molar-refractivity contribution in [2.75, 3.05) is 6.54 Å². The summed E-state index contributed by atoms with van der Waals surface area (Å²) in [4.78, 5) is 15.8. The van der Waals surface area contributed by atoms with Crippen molar-refractivity contribution in [3.8, 4) is 0 Å². The van der Waals surface area contributed by atoms with E-state index >= 15 is 0 Å². The first-order valence-corrected chi connectivity index (χ1v) is 6.58. The van der Waals surface area contributed by atoms with Gasteiger partial charge in [-0.1, -0.05) is 0 Å². The van der Waals surface area contributed by atoms with E-state index in [2.05, 4.69) is 10.3 Å². The maximum Gasteiger partial charge on any atom is 0.247 e. The number of amides is 1. The molecule has 1 heterocycles. The maximum absolute atomic E-state index is 11.3. The molecule has 0 aromatic heterocycles. The molecular formula is C13H18N2O. The Bertz CT molecular complexity index is 350. The number of nitrogens with one attached hydrogen (secondary N) is 1. The molecule has 0 atom stereocenters. The highest BCUT2D eigenvalue weighted by atomic mass is 16.2. The third kappa shape index (κ3) is 1.14. The summed E-state index contributed by atoms with van der Waals surface area (Å²) in [5.74, 6) is 3.92. The number of amidine groups is 1. The fraction of sp³-hybridized carbons (Fsp3) is 0.846. The predicted molar refractivity (Wildman–Crippen MR) is 61.0 cm³/mol. The van der Waals surface area contributed by atoms with E-state index in [4.69, 9.17) is 0 Å². The summed E-state index contributed by atoms with van der Waals surface area (Å²) >= 11 is 0. The molecular weight excluding hydrogens is 200 g/mol. The monoisotopic (exact) mass is 218 g/mol. The van der Waals surface area contributed by atoms with Crippen LogP contribution in [0, 0.1) is 23.2 Å². The Kier molecular flexibility index (Phi) is 1.65. The lowest BCUT2D eigenvalue weighted by Gasteiger charge is -2.56. The van der Waals surface area contributed by atoms with Gasteiger partial charge in [0.2, 0.25) is 5.91 Å². The van der Waals surface area contributed by atoms with Crippen LogP contribution >= 0.6 is 0 Å². The van der Waals surface area contributed by atoms with Crippen molar-refractivity contribution in [3.63, 3.8) is 0 Å². The Morgan fingerprint density at radius 3 is 2.06 bits per heavy atom. The number of hydrogen-bond acceptors (Lipinski definition) is 2. The first kappa shape index (κ1) is 9.20. The Hall–Kier alpha value is -0.860. The molecule has 0 radical (unpaired) electrons. The zero-order chi connectivity index (χ0) is 10.8. The highest BCUT2D eigenvalue weighted by molar-refractivity contribution is 6.06. The lowest BCUT2D eigenvalue weighted by molar-refractivity contribution is -0.117. The fourth-order valence-corrected chi connectivity index (χ4v) is 5.06. The summed E-state index contributed by atoms with van der Waals surface area (Å²) < 4.78 is 0. The SMILES string of the molecule is O=C1CN=C(C23CC4CC(CC(C4)C2)C3)N1. The van der Waals surface area contributed by atoms with Crippen LogP contribution in [0.1, 0.15) is 38.5 Å². The molecule has 0 aromatic rings. The van der Waals surface area contributed by atoms with Crippen LogP contribution in [0.4, 0.5) is 0 Å². The Labute approximate surface area is 95.7 Å². The number of nitrogens with zero attached hydrogens (tertiary/aromatic N) is 1. The smallest absolute Gasteiger partial charge is 0.247 e. The van der Waals surface area contributed by atoms with Gasteiger partial charge >= 0.3 is 0 Å². The third-order valence-electron chi connectivity index (χ3n) is 5.18. The van der Waals surface area contributed by atoms with Crippen molar-refractivity contribution >= 4 is 11.7 Å². The minimum atomic E-state index is 0.103. The van der Waals surface area contributed by atoms with Crippen LogP contribution in [0.2, 0.25) is 0 Å². The van der Waals surface area contributed by atoms with Gasteiger partial charge in [-0.3, -0.25) is 9.79 Å². The highest BCUT2D eigenvalue weighted by Crippen LogP contribution is 2.60. The molecule has 1 aliphatic heterocycles. The molecule has 0 saturated heterocycles. The molecule has 4 saturated carbocycles. The van der Waals surface area contributed by atoms with E-state index in [9.17, 15) is 4.79 Å². The second kappa shape index (κ2) is 2.88. The Morgan fingerprint density at radius 2 is 1.62 bits per heavy atom. The van der Waals surface area contributed by atoms with E-state index in [0.717, 1.165) is 23.6 Å². The summed E-state index contributed by atoms with van der Waals surface area (Å²) in [6.07, 6.45) is 8.20. The summed E-state index contributed by atoms with van der Waals surface area (Å²) in [6.45, 7) is 0.372. The fourth-order valence-electron chi connectivity index (χ4n) is 5.06. The van der Waals surface area contributed by atoms with Crippen LogP contribution < -0.4 is 5.32 Å². The predicted octanol–water partition coefficient (Wildman–Crippen LogP) is 1.73. The lowest BCUT2D eigenvalue weighted by Crippen LogP contribution is -2.53. The molecule has 0 unspecified atom stereocenters. The number of carbonyl (C=O) groups excluding carboxylic acids is 1.